The van der Waals surface area contributed by atoms with Crippen LogP contribution in [0.2, 0.25) is 0 Å². The fourth-order valence-corrected chi connectivity index (χ4v) is 5.33. The second-order valence-corrected chi connectivity index (χ2v) is 9.69. The monoisotopic (exact) mass is 402 g/mol. The molecule has 28 heavy (non-hydrogen) atoms. The van der Waals surface area contributed by atoms with Crippen LogP contribution < -0.4 is 0 Å². The van der Waals surface area contributed by atoms with Gasteiger partial charge in [0.1, 0.15) is 5.69 Å². The maximum absolute atomic E-state index is 13.3. The van der Waals surface area contributed by atoms with Crippen LogP contribution in [0.4, 0.5) is 0 Å². The van der Waals surface area contributed by atoms with Gasteiger partial charge >= 0.3 is 0 Å². The van der Waals surface area contributed by atoms with E-state index < -0.39 is 10.0 Å². The standard InChI is InChI=1S/C20H26N4O3S/c1-21(2)14-9-11-23(12-10-14)20(25)18-13-17-19(24(18)28(4,26)27)15-7-5-6-8-16(15)22(17)3/h5-8,13-14H,9-12H2,1-4H3. The topological polar surface area (TPSA) is 67.5 Å². The number of carbonyl (C=O) groups is 1. The van der Waals surface area contributed by atoms with Crippen LogP contribution >= 0.6 is 0 Å². The number of benzene rings is 1. The number of nitrogens with zero attached hydrogens (tertiary/aromatic N) is 4. The fraction of sp³-hybridized carbons (Fsp3) is 0.450. The van der Waals surface area contributed by atoms with Gasteiger partial charge < -0.3 is 14.4 Å². The first kappa shape index (κ1) is 19.0. The SMILES string of the molecule is CN(C)C1CCN(C(=O)c2cc3c(c4ccccc4n3C)n2S(C)(=O)=O)CC1. The first-order chi connectivity index (χ1) is 13.2. The van der Waals surface area contributed by atoms with Crippen molar-refractivity contribution in [3.05, 3.63) is 36.0 Å². The smallest absolute Gasteiger partial charge is 0.271 e. The first-order valence-electron chi connectivity index (χ1n) is 9.45. The molecule has 1 saturated heterocycles. The highest BCUT2D eigenvalue weighted by atomic mass is 32.2. The normalized spacial score (nSPS) is 16.5. The summed E-state index contributed by atoms with van der Waals surface area (Å²) in [6.45, 7) is 1.27. The lowest BCUT2D eigenvalue weighted by Gasteiger charge is -2.35. The minimum absolute atomic E-state index is 0.220. The van der Waals surface area contributed by atoms with Crippen LogP contribution in [0.5, 0.6) is 0 Å². The van der Waals surface area contributed by atoms with Crippen LogP contribution in [-0.2, 0) is 17.1 Å². The van der Waals surface area contributed by atoms with Crippen molar-refractivity contribution in [3.63, 3.8) is 0 Å². The molecule has 0 bridgehead atoms. The molecule has 0 radical (unpaired) electrons. The Bertz CT molecular complexity index is 1170. The van der Waals surface area contributed by atoms with E-state index in [2.05, 4.69) is 19.0 Å². The highest BCUT2D eigenvalue weighted by molar-refractivity contribution is 7.89. The van der Waals surface area contributed by atoms with E-state index in [4.69, 9.17) is 0 Å². The lowest BCUT2D eigenvalue weighted by molar-refractivity contribution is 0.0657. The molecule has 0 N–H and O–H groups in total. The number of carbonyl (C=O) groups excluding carboxylic acids is 1. The zero-order valence-electron chi connectivity index (χ0n) is 16.7. The van der Waals surface area contributed by atoms with Gasteiger partial charge in [-0.2, -0.15) is 0 Å². The van der Waals surface area contributed by atoms with Crippen molar-refractivity contribution in [2.45, 2.75) is 18.9 Å². The predicted octanol–water partition coefficient (Wildman–Crippen LogP) is 2.11. The number of amides is 1. The Morgan fingerprint density at radius 1 is 1.11 bits per heavy atom. The van der Waals surface area contributed by atoms with E-state index in [0.29, 0.717) is 24.6 Å². The Kier molecular flexibility index (Phi) is 4.50. The maximum Gasteiger partial charge on any atom is 0.271 e. The third kappa shape index (κ3) is 2.91. The van der Waals surface area contributed by atoms with E-state index in [-0.39, 0.29) is 11.6 Å². The van der Waals surface area contributed by atoms with Gasteiger partial charge in [-0.3, -0.25) is 4.79 Å². The molecule has 3 aromatic rings. The molecule has 7 nitrogen and oxygen atoms in total. The zero-order valence-corrected chi connectivity index (χ0v) is 17.5. The molecule has 0 spiro atoms. The van der Waals surface area contributed by atoms with Gasteiger partial charge in [0, 0.05) is 31.6 Å². The van der Waals surface area contributed by atoms with Gasteiger partial charge in [-0.05, 0) is 39.1 Å². The molecule has 0 atom stereocenters. The van der Waals surface area contributed by atoms with Gasteiger partial charge in [-0.1, -0.05) is 18.2 Å². The quantitative estimate of drug-likeness (QED) is 0.673. The lowest BCUT2D eigenvalue weighted by Crippen LogP contribution is -2.45. The predicted molar refractivity (Wildman–Crippen MR) is 111 cm³/mol. The summed E-state index contributed by atoms with van der Waals surface area (Å²) in [4.78, 5) is 17.2. The second-order valence-electron chi connectivity index (χ2n) is 7.85. The summed E-state index contributed by atoms with van der Waals surface area (Å²) in [6.07, 6.45) is 2.94. The molecular formula is C20H26N4O3S. The molecular weight excluding hydrogens is 376 g/mol. The van der Waals surface area contributed by atoms with Crippen molar-refractivity contribution in [1.82, 2.24) is 18.3 Å². The molecule has 0 aliphatic carbocycles. The molecule has 3 heterocycles. The third-order valence-corrected chi connectivity index (χ3v) is 6.90. The summed E-state index contributed by atoms with van der Waals surface area (Å²) in [7, 11) is 2.34. The first-order valence-corrected chi connectivity index (χ1v) is 11.3. The third-order valence-electron chi connectivity index (χ3n) is 5.85. The minimum Gasteiger partial charge on any atom is -0.342 e. The average Bonchev–Trinajstić information content (AvgIpc) is 3.18. The van der Waals surface area contributed by atoms with Crippen LogP contribution in [0.3, 0.4) is 0 Å². The molecule has 1 aliphatic rings. The van der Waals surface area contributed by atoms with Crippen molar-refractivity contribution in [3.8, 4) is 0 Å². The number of rotatable bonds is 3. The highest BCUT2D eigenvalue weighted by Crippen LogP contribution is 2.32. The number of aromatic nitrogens is 2. The Hall–Kier alpha value is -2.32. The number of hydrogen-bond donors (Lipinski definition) is 0. The molecule has 1 amide bonds. The van der Waals surface area contributed by atoms with Crippen molar-refractivity contribution in [1.29, 1.82) is 0 Å². The average molecular weight is 403 g/mol. The van der Waals surface area contributed by atoms with E-state index in [1.807, 2.05) is 35.9 Å². The van der Waals surface area contributed by atoms with E-state index in [9.17, 15) is 13.2 Å². The van der Waals surface area contributed by atoms with Gasteiger partial charge in [0.2, 0.25) is 10.0 Å². The Labute approximate surface area is 165 Å². The van der Waals surface area contributed by atoms with Gasteiger partial charge in [0.25, 0.3) is 5.91 Å². The Balaban J connectivity index is 1.84. The second kappa shape index (κ2) is 6.63. The van der Waals surface area contributed by atoms with Crippen LogP contribution in [0.25, 0.3) is 21.9 Å². The number of para-hydroxylation sites is 1. The van der Waals surface area contributed by atoms with E-state index >= 15 is 0 Å². The summed E-state index contributed by atoms with van der Waals surface area (Å²) in [6, 6.07) is 9.83. The molecule has 150 valence electrons. The molecule has 0 saturated carbocycles. The van der Waals surface area contributed by atoms with Gasteiger partial charge in [0.15, 0.2) is 0 Å². The van der Waals surface area contributed by atoms with Gasteiger partial charge in [-0.15, -0.1) is 0 Å². The van der Waals surface area contributed by atoms with Crippen molar-refractivity contribution < 1.29 is 13.2 Å². The van der Waals surface area contributed by atoms with Crippen molar-refractivity contribution >= 4 is 37.9 Å². The number of hydrogen-bond acceptors (Lipinski definition) is 4. The van der Waals surface area contributed by atoms with Crippen LogP contribution in [0, 0.1) is 0 Å². The molecule has 4 rings (SSSR count). The van der Waals surface area contributed by atoms with Crippen molar-refractivity contribution in [2.75, 3.05) is 33.4 Å². The lowest BCUT2D eigenvalue weighted by atomic mass is 10.0. The summed E-state index contributed by atoms with van der Waals surface area (Å²) >= 11 is 0. The van der Waals surface area contributed by atoms with Gasteiger partial charge in [0.05, 0.1) is 22.8 Å². The molecule has 1 aromatic carbocycles. The molecule has 8 heteroatoms. The largest absolute Gasteiger partial charge is 0.342 e. The van der Waals surface area contributed by atoms with Crippen LogP contribution in [0.15, 0.2) is 30.3 Å². The summed E-state index contributed by atoms with van der Waals surface area (Å²) in [5.74, 6) is -0.220. The van der Waals surface area contributed by atoms with Crippen molar-refractivity contribution in [2.24, 2.45) is 7.05 Å². The molecule has 1 aliphatic heterocycles. The minimum atomic E-state index is -3.66. The Morgan fingerprint density at radius 2 is 1.75 bits per heavy atom. The number of aryl methyl sites for hydroxylation is 1. The number of fused-ring (bicyclic) bond motifs is 3. The zero-order chi connectivity index (χ0) is 20.2. The summed E-state index contributed by atoms with van der Waals surface area (Å²) in [5.41, 5.74) is 2.48. The van der Waals surface area contributed by atoms with E-state index in [0.717, 1.165) is 35.5 Å². The highest BCUT2D eigenvalue weighted by Gasteiger charge is 2.30. The molecule has 2 aromatic heterocycles. The molecule has 1 fully saturated rings. The fourth-order valence-electron chi connectivity index (χ4n) is 4.32. The molecule has 0 unspecified atom stereocenters. The van der Waals surface area contributed by atoms with Crippen LogP contribution in [-0.4, -0.2) is 72.1 Å². The Morgan fingerprint density at radius 3 is 2.36 bits per heavy atom. The maximum atomic E-state index is 13.3. The summed E-state index contributed by atoms with van der Waals surface area (Å²) in [5, 5.41) is 0.829. The van der Waals surface area contributed by atoms with Gasteiger partial charge in [-0.25, -0.2) is 12.4 Å². The summed E-state index contributed by atoms with van der Waals surface area (Å²) < 4.78 is 28.5. The number of piperidine rings is 1. The van der Waals surface area contributed by atoms with Crippen LogP contribution in [0.1, 0.15) is 23.3 Å². The number of likely N-dealkylation sites (tertiary alicyclic amines) is 1. The van der Waals surface area contributed by atoms with E-state index in [1.54, 1.807) is 11.0 Å². The van der Waals surface area contributed by atoms with E-state index in [1.165, 1.54) is 3.97 Å².